The molecule has 2 rings (SSSR count). The van der Waals surface area contributed by atoms with Crippen LogP contribution in [0.2, 0.25) is 5.02 Å². The fraction of sp³-hybridized carbons (Fsp3) is 0.500. The van der Waals surface area contributed by atoms with Gasteiger partial charge in [-0.2, -0.15) is 0 Å². The van der Waals surface area contributed by atoms with E-state index in [0.29, 0.717) is 29.3 Å². The van der Waals surface area contributed by atoms with Crippen molar-refractivity contribution in [2.75, 3.05) is 13.7 Å². The van der Waals surface area contributed by atoms with Crippen molar-refractivity contribution in [1.29, 1.82) is 0 Å². The smallest absolute Gasteiger partial charge is 0.188 e. The van der Waals surface area contributed by atoms with Gasteiger partial charge in [0.05, 0.1) is 12.1 Å². The molecule has 1 aliphatic carbocycles. The number of nitrogens with two attached hydrogens (primary N) is 1. The number of guanidine groups is 1. The Bertz CT molecular complexity index is 458. The molecule has 1 fully saturated rings. The third kappa shape index (κ3) is 4.03. The van der Waals surface area contributed by atoms with Gasteiger partial charge in [-0.25, -0.2) is 0 Å². The molecule has 1 aromatic rings. The van der Waals surface area contributed by atoms with Crippen LogP contribution in [0.4, 0.5) is 0 Å². The third-order valence-corrected chi connectivity index (χ3v) is 3.67. The topological polar surface area (TPSA) is 59.6 Å². The van der Waals surface area contributed by atoms with Gasteiger partial charge >= 0.3 is 0 Å². The summed E-state index contributed by atoms with van der Waals surface area (Å²) in [4.78, 5) is 4.33. The number of aliphatic imine (C=N–C) groups is 1. The van der Waals surface area contributed by atoms with E-state index in [9.17, 15) is 0 Å². The maximum atomic E-state index is 5.98. The monoisotopic (exact) mass is 281 g/mol. The zero-order chi connectivity index (χ0) is 13.7. The lowest BCUT2D eigenvalue weighted by Gasteiger charge is -2.26. The number of nitrogens with one attached hydrogen (secondary N) is 1. The highest BCUT2D eigenvalue weighted by molar-refractivity contribution is 6.32. The van der Waals surface area contributed by atoms with Crippen molar-refractivity contribution in [1.82, 2.24) is 5.32 Å². The largest absolute Gasteiger partial charge is 0.495 e. The normalized spacial score (nSPS) is 16.0. The van der Waals surface area contributed by atoms with E-state index in [4.69, 9.17) is 22.1 Å². The lowest BCUT2D eigenvalue weighted by molar-refractivity contribution is 0.382. The summed E-state index contributed by atoms with van der Waals surface area (Å²) >= 11 is 5.98. The average molecular weight is 282 g/mol. The van der Waals surface area contributed by atoms with Gasteiger partial charge < -0.3 is 15.8 Å². The molecule has 5 heteroatoms. The van der Waals surface area contributed by atoms with Crippen LogP contribution in [0.5, 0.6) is 5.75 Å². The van der Waals surface area contributed by atoms with E-state index in [1.165, 1.54) is 19.3 Å². The molecule has 0 aliphatic heterocycles. The summed E-state index contributed by atoms with van der Waals surface area (Å²) in [6, 6.07) is 6.29. The molecule has 104 valence electrons. The number of rotatable bonds is 5. The minimum atomic E-state index is 0.527. The van der Waals surface area contributed by atoms with Crippen LogP contribution >= 0.6 is 11.6 Å². The molecule has 1 aromatic carbocycles. The van der Waals surface area contributed by atoms with Gasteiger partial charge in [0.1, 0.15) is 5.75 Å². The molecule has 0 heterocycles. The molecule has 0 spiro atoms. The second-order valence-corrected chi connectivity index (χ2v) is 5.17. The predicted octanol–water partition coefficient (Wildman–Crippen LogP) is 2.35. The number of nitrogens with zero attached hydrogens (tertiary/aromatic N) is 1. The van der Waals surface area contributed by atoms with Gasteiger partial charge in [-0.1, -0.05) is 17.7 Å². The maximum Gasteiger partial charge on any atom is 0.188 e. The molecular weight excluding hydrogens is 262 g/mol. The molecule has 0 saturated heterocycles. The van der Waals surface area contributed by atoms with Crippen LogP contribution in [0.25, 0.3) is 0 Å². The van der Waals surface area contributed by atoms with Gasteiger partial charge in [-0.3, -0.25) is 4.99 Å². The molecule has 0 radical (unpaired) electrons. The van der Waals surface area contributed by atoms with Crippen LogP contribution in [-0.2, 0) is 6.42 Å². The van der Waals surface area contributed by atoms with Gasteiger partial charge in [0.2, 0.25) is 0 Å². The minimum absolute atomic E-state index is 0.527. The molecule has 3 N–H and O–H groups in total. The fourth-order valence-electron chi connectivity index (χ4n) is 1.97. The summed E-state index contributed by atoms with van der Waals surface area (Å²) in [6.07, 6.45) is 4.51. The SMILES string of the molecule is COc1cc(CCN=C(N)NC2CCC2)ccc1Cl. The highest BCUT2D eigenvalue weighted by Gasteiger charge is 2.16. The Kier molecular flexibility index (Phi) is 4.91. The van der Waals surface area contributed by atoms with Gasteiger partial charge in [0.15, 0.2) is 5.96 Å². The molecule has 19 heavy (non-hydrogen) atoms. The van der Waals surface area contributed by atoms with Crippen LogP contribution in [-0.4, -0.2) is 25.7 Å². The van der Waals surface area contributed by atoms with Gasteiger partial charge in [-0.15, -0.1) is 0 Å². The molecule has 0 unspecified atom stereocenters. The van der Waals surface area contributed by atoms with Crippen molar-refractivity contribution in [3.8, 4) is 5.75 Å². The van der Waals surface area contributed by atoms with E-state index in [1.807, 2.05) is 18.2 Å². The van der Waals surface area contributed by atoms with Crippen molar-refractivity contribution < 1.29 is 4.74 Å². The maximum absolute atomic E-state index is 5.98. The first kappa shape index (κ1) is 14.0. The summed E-state index contributed by atoms with van der Waals surface area (Å²) in [5.41, 5.74) is 6.96. The van der Waals surface area contributed by atoms with Crippen LogP contribution in [0.1, 0.15) is 24.8 Å². The number of methoxy groups -OCH3 is 1. The Morgan fingerprint density at radius 1 is 1.53 bits per heavy atom. The van der Waals surface area contributed by atoms with Crippen molar-refractivity contribution in [2.45, 2.75) is 31.7 Å². The number of halogens is 1. The van der Waals surface area contributed by atoms with E-state index < -0.39 is 0 Å². The van der Waals surface area contributed by atoms with E-state index in [-0.39, 0.29) is 0 Å². The number of ether oxygens (including phenoxy) is 1. The first-order valence-corrected chi connectivity index (χ1v) is 6.95. The Hall–Kier alpha value is -1.42. The summed E-state index contributed by atoms with van der Waals surface area (Å²) < 4.78 is 5.18. The molecule has 1 aliphatic rings. The van der Waals surface area contributed by atoms with E-state index in [2.05, 4.69) is 10.3 Å². The van der Waals surface area contributed by atoms with Crippen molar-refractivity contribution >= 4 is 17.6 Å². The molecule has 0 aromatic heterocycles. The first-order valence-electron chi connectivity index (χ1n) is 6.58. The minimum Gasteiger partial charge on any atom is -0.495 e. The summed E-state index contributed by atoms with van der Waals surface area (Å²) in [5.74, 6) is 1.24. The summed E-state index contributed by atoms with van der Waals surface area (Å²) in [7, 11) is 1.61. The lowest BCUT2D eigenvalue weighted by Crippen LogP contribution is -2.43. The van der Waals surface area contributed by atoms with E-state index >= 15 is 0 Å². The standard InChI is InChI=1S/C14H20ClN3O/c1-19-13-9-10(5-6-12(13)15)7-8-17-14(16)18-11-3-2-4-11/h5-6,9,11H,2-4,7-8H2,1H3,(H3,16,17,18). The molecule has 0 atom stereocenters. The van der Waals surface area contributed by atoms with Gasteiger partial charge in [0.25, 0.3) is 0 Å². The molecular formula is C14H20ClN3O. The lowest BCUT2D eigenvalue weighted by atomic mass is 9.93. The zero-order valence-corrected chi connectivity index (χ0v) is 11.9. The Morgan fingerprint density at radius 3 is 2.95 bits per heavy atom. The quantitative estimate of drug-likeness (QED) is 0.643. The number of benzene rings is 1. The van der Waals surface area contributed by atoms with Crippen LogP contribution in [0.3, 0.4) is 0 Å². The summed E-state index contributed by atoms with van der Waals surface area (Å²) in [6.45, 7) is 0.663. The number of hydrogen-bond acceptors (Lipinski definition) is 2. The highest BCUT2D eigenvalue weighted by Crippen LogP contribution is 2.25. The van der Waals surface area contributed by atoms with Crippen LogP contribution < -0.4 is 15.8 Å². The van der Waals surface area contributed by atoms with Crippen molar-refractivity contribution in [3.05, 3.63) is 28.8 Å². The van der Waals surface area contributed by atoms with Crippen LogP contribution in [0, 0.1) is 0 Å². The van der Waals surface area contributed by atoms with E-state index in [0.717, 1.165) is 12.0 Å². The van der Waals surface area contributed by atoms with Crippen molar-refractivity contribution in [2.24, 2.45) is 10.7 Å². The van der Waals surface area contributed by atoms with Gasteiger partial charge in [0, 0.05) is 12.6 Å². The second-order valence-electron chi connectivity index (χ2n) is 4.76. The first-order chi connectivity index (χ1) is 9.19. The fourth-order valence-corrected chi connectivity index (χ4v) is 2.17. The Morgan fingerprint density at radius 2 is 2.32 bits per heavy atom. The molecule has 0 bridgehead atoms. The van der Waals surface area contributed by atoms with Crippen molar-refractivity contribution in [3.63, 3.8) is 0 Å². The summed E-state index contributed by atoms with van der Waals surface area (Å²) in [5, 5.41) is 3.84. The Balaban J connectivity index is 1.82. The highest BCUT2D eigenvalue weighted by atomic mass is 35.5. The van der Waals surface area contributed by atoms with Crippen LogP contribution in [0.15, 0.2) is 23.2 Å². The van der Waals surface area contributed by atoms with Gasteiger partial charge in [-0.05, 0) is 43.4 Å². The van der Waals surface area contributed by atoms with E-state index in [1.54, 1.807) is 7.11 Å². The molecule has 4 nitrogen and oxygen atoms in total. The zero-order valence-electron chi connectivity index (χ0n) is 11.2. The number of hydrogen-bond donors (Lipinski definition) is 2. The average Bonchev–Trinajstić information content (AvgIpc) is 2.36. The Labute approximate surface area is 119 Å². The predicted molar refractivity (Wildman–Crippen MR) is 79.0 cm³/mol. The molecule has 1 saturated carbocycles. The second kappa shape index (κ2) is 6.66. The third-order valence-electron chi connectivity index (χ3n) is 3.36. The molecule has 0 amide bonds.